The quantitative estimate of drug-likeness (QED) is 0.0150. The highest BCUT2D eigenvalue weighted by molar-refractivity contribution is 6.03. The van der Waals surface area contributed by atoms with E-state index in [0.717, 1.165) is 282 Å². The zero-order chi connectivity index (χ0) is 97.1. The molecule has 4 aromatic carbocycles. The molecule has 2 aliphatic rings. The number of carbonyl (C=O) groups is 4. The third-order valence-electron chi connectivity index (χ3n) is 25.8. The van der Waals surface area contributed by atoms with Crippen molar-refractivity contribution in [1.29, 1.82) is 0 Å². The monoisotopic (exact) mass is 1860 g/mol. The lowest BCUT2D eigenvalue weighted by atomic mass is 10.00. The molecule has 8 aromatic rings. The molecule has 0 amide bonds. The predicted molar refractivity (Wildman–Crippen MR) is 553 cm³/mol. The second kappa shape index (κ2) is 57.1. The second-order valence-electron chi connectivity index (χ2n) is 37.0. The van der Waals surface area contributed by atoms with E-state index in [4.69, 9.17) is 66.8 Å². The molecule has 0 fully saturated rings. The van der Waals surface area contributed by atoms with Crippen LogP contribution in [0.5, 0.6) is 46.0 Å². The normalized spacial score (nSPS) is 12.6. The first kappa shape index (κ1) is 107. The van der Waals surface area contributed by atoms with E-state index in [2.05, 4.69) is 200 Å². The molecule has 10 rings (SSSR count). The molecule has 2 aliphatic heterocycles. The van der Waals surface area contributed by atoms with E-state index in [1.165, 1.54) is 0 Å². The van der Waals surface area contributed by atoms with Gasteiger partial charge in [0, 0.05) is 44.5 Å². The molecule has 736 valence electrons. The average molecular weight is 1860 g/mol. The van der Waals surface area contributed by atoms with Crippen LogP contribution in [0.3, 0.4) is 0 Å². The summed E-state index contributed by atoms with van der Waals surface area (Å²) in [6.07, 6.45) is 38.2. The Morgan fingerprint density at radius 3 is 0.691 bits per heavy atom. The minimum atomic E-state index is -0.386. The number of hydrogen-bond donors (Lipinski definition) is 0. The van der Waals surface area contributed by atoms with Gasteiger partial charge in [0.2, 0.25) is 0 Å². The summed E-state index contributed by atoms with van der Waals surface area (Å²) in [5, 5.41) is 0. The van der Waals surface area contributed by atoms with Crippen LogP contribution in [-0.2, 0) is 38.1 Å². The Hall–Kier alpha value is -11.3. The van der Waals surface area contributed by atoms with E-state index >= 15 is 0 Å². The van der Waals surface area contributed by atoms with Crippen LogP contribution in [0.4, 0.5) is 0 Å². The third-order valence-corrected chi connectivity index (χ3v) is 25.8. The van der Waals surface area contributed by atoms with Gasteiger partial charge in [-0.15, -0.1) is 0 Å². The van der Waals surface area contributed by atoms with Gasteiger partial charge in [-0.05, 0) is 299 Å². The molecule has 20 heteroatoms. The first-order valence-corrected chi connectivity index (χ1v) is 51.3. The molecule has 0 N–H and O–H groups in total. The lowest BCUT2D eigenvalue weighted by Gasteiger charge is -2.21. The summed E-state index contributed by atoms with van der Waals surface area (Å²) in [5.41, 5.74) is 14.5. The van der Waals surface area contributed by atoms with Crippen LogP contribution in [0.1, 0.15) is 311 Å². The second-order valence-corrected chi connectivity index (χ2v) is 37.0. The Labute approximate surface area is 811 Å². The fraction of sp³-hybridized carbons (Fsp3) is 0.517. The number of carbonyl (C=O) groups excluding carboxylic acids is 4. The number of nitrogens with zero attached hydrogens (tertiary/aromatic N) is 4. The van der Waals surface area contributed by atoms with Crippen molar-refractivity contribution >= 4 is 70.2 Å². The topological polar surface area (TPSA) is 214 Å². The maximum Gasteiger partial charge on any atom is 0.333 e. The molecule has 4 aromatic heterocycles. The molecular formula is C116H156N4O16. The fourth-order valence-corrected chi connectivity index (χ4v) is 17.2. The number of ether oxygens (including phenoxy) is 12. The van der Waals surface area contributed by atoms with Crippen molar-refractivity contribution in [3.8, 4) is 90.5 Å². The smallest absolute Gasteiger partial charge is 0.333 e. The van der Waals surface area contributed by atoms with Gasteiger partial charge in [-0.25, -0.2) is 38.2 Å². The standard InChI is InChI=1S/C116H156N4O16/c1-17-25-45-85(21-5)77-133-103-63-51-91(75-107(103)135-79-87(23-7)47-27-19-3)111-95-55-53-93(117-95)109(89-49-61-101(125-65-37-29-33-41-69-129-113(121)81(9)10)105(73-89)127-67-39-31-35-43-71-131-115(123)83(13)14)98-58-60-100-112(92-52-64-104(134-78-86(22-6)46-26-18-2)108(76-92)136-80-88(24-8)48-28-20-4)96-56-54-94(118-96)110(97-57-59-99(111)119(97)120(98)100)90-50-62-102(126-66-38-30-34-42-70-130-114(122)82(11)12)106(74-90)128-68-40-32-36-44-72-132-116(124)84(15)16/h49-64,73-76,85-88H,9,11,13,15,17-48,65-72,77-80H2,1-8,10,12,14,16H3. The van der Waals surface area contributed by atoms with Gasteiger partial charge in [-0.1, -0.05) is 183 Å². The zero-order valence-corrected chi connectivity index (χ0v) is 84.1. The van der Waals surface area contributed by atoms with Crippen LogP contribution in [0, 0.1) is 23.7 Å². The highest BCUT2D eigenvalue weighted by atomic mass is 16.6. The van der Waals surface area contributed by atoms with Gasteiger partial charge >= 0.3 is 23.9 Å². The van der Waals surface area contributed by atoms with E-state index in [0.29, 0.717) is 184 Å². The van der Waals surface area contributed by atoms with Crippen LogP contribution < -0.4 is 37.9 Å². The van der Waals surface area contributed by atoms with Crippen LogP contribution >= 0.6 is 0 Å². The van der Waals surface area contributed by atoms with Gasteiger partial charge in [0.1, 0.15) is 0 Å². The van der Waals surface area contributed by atoms with E-state index in [1.54, 1.807) is 27.7 Å². The Morgan fingerprint density at radius 1 is 0.265 bits per heavy atom. The van der Waals surface area contributed by atoms with Crippen molar-refractivity contribution in [2.75, 3.05) is 79.3 Å². The maximum absolute atomic E-state index is 12.4. The van der Waals surface area contributed by atoms with Gasteiger partial charge < -0.3 is 56.8 Å². The minimum absolute atomic E-state index is 0.311. The number of hydrogen-bond acceptors (Lipinski definition) is 18. The average Bonchev–Trinajstić information content (AvgIpc) is 1.55. The maximum atomic E-state index is 12.4. The molecule has 6 heterocycles. The van der Waals surface area contributed by atoms with Crippen molar-refractivity contribution < 1.29 is 76.0 Å². The molecular weight excluding hydrogens is 1710 g/mol. The molecule has 136 heavy (non-hydrogen) atoms. The van der Waals surface area contributed by atoms with E-state index < -0.39 is 0 Å². The van der Waals surface area contributed by atoms with E-state index in [-0.39, 0.29) is 23.9 Å². The van der Waals surface area contributed by atoms with Crippen molar-refractivity contribution in [3.63, 3.8) is 0 Å². The molecule has 4 atom stereocenters. The van der Waals surface area contributed by atoms with Crippen molar-refractivity contribution in [1.82, 2.24) is 19.0 Å². The lowest BCUT2D eigenvalue weighted by Crippen LogP contribution is -2.14. The highest BCUT2D eigenvalue weighted by Gasteiger charge is 2.29. The predicted octanol–water partition coefficient (Wildman–Crippen LogP) is 29.5. The first-order chi connectivity index (χ1) is 66.1. The Bertz CT molecular complexity index is 5080. The van der Waals surface area contributed by atoms with Crippen molar-refractivity contribution in [3.05, 3.63) is 168 Å². The minimum Gasteiger partial charge on any atom is -0.490 e. The molecule has 0 spiro atoms. The van der Waals surface area contributed by atoms with Gasteiger partial charge in [0.15, 0.2) is 46.0 Å². The van der Waals surface area contributed by atoms with E-state index in [9.17, 15) is 19.2 Å². The Balaban J connectivity index is 1.28. The van der Waals surface area contributed by atoms with Crippen molar-refractivity contribution in [2.45, 2.75) is 289 Å². The molecule has 0 saturated carbocycles. The summed E-state index contributed by atoms with van der Waals surface area (Å²) in [5.74, 6) is 4.93. The Kier molecular flexibility index (Phi) is 44.8. The SMILES string of the molecule is C=C(C)C(=O)OCCCCCCOc1ccc(-c2c3nc(c(-c4ccc(OCC(CC)CCCC)c(OCC(CC)CCCC)c4)c4ccc5c(-c6ccc(OCCCCCCOC(=O)C(=C)C)c(OCCCCCCOC(=O)C(=C)C)c6)c6nc(c(-c7ccc(OCC(CC)CCCC)c(OCC(CC)CCCC)c7)c7ccc2n7n54)C=C6)C=C3)cc1OCCCCCCOC(=O)C(=C)C. The molecule has 0 aliphatic carbocycles. The van der Waals surface area contributed by atoms with Crippen molar-refractivity contribution in [2.24, 2.45) is 23.7 Å². The van der Waals surface area contributed by atoms with Gasteiger partial charge in [-0.2, -0.15) is 0 Å². The molecule has 4 unspecified atom stereocenters. The van der Waals surface area contributed by atoms with Gasteiger partial charge in [0.25, 0.3) is 0 Å². The number of unbranched alkanes of at least 4 members (excludes halogenated alkanes) is 16. The number of esters is 4. The number of benzene rings is 4. The third kappa shape index (κ3) is 31.4. The summed E-state index contributed by atoms with van der Waals surface area (Å²) in [7, 11) is 0. The fourth-order valence-electron chi connectivity index (χ4n) is 17.2. The number of fused-ring (bicyclic) bond motifs is 4. The van der Waals surface area contributed by atoms with Crippen LogP contribution in [0.15, 0.2) is 146 Å². The molecule has 0 saturated heterocycles. The first-order valence-electron chi connectivity index (χ1n) is 51.3. The summed E-state index contributed by atoms with van der Waals surface area (Å²) < 4.78 is 82.9. The number of rotatable bonds is 68. The van der Waals surface area contributed by atoms with Crippen LogP contribution in [-0.4, -0.2) is 122 Å². The van der Waals surface area contributed by atoms with Gasteiger partial charge in [0.05, 0.1) is 124 Å². The van der Waals surface area contributed by atoms with Crippen LogP contribution in [0.2, 0.25) is 0 Å². The Morgan fingerprint density at radius 2 is 0.471 bits per heavy atom. The number of aromatic nitrogens is 4. The summed E-state index contributed by atoms with van der Waals surface area (Å²) in [4.78, 5) is 61.1. The van der Waals surface area contributed by atoms with Gasteiger partial charge in [-0.3, -0.25) is 0 Å². The van der Waals surface area contributed by atoms with Crippen LogP contribution in [0.25, 0.3) is 90.9 Å². The lowest BCUT2D eigenvalue weighted by molar-refractivity contribution is -0.139. The molecule has 20 nitrogen and oxygen atoms in total. The highest BCUT2D eigenvalue weighted by Crippen LogP contribution is 2.48. The summed E-state index contributed by atoms with van der Waals surface area (Å²) in [6, 6.07) is 34.4. The van der Waals surface area contributed by atoms with E-state index in [1.807, 2.05) is 12.1 Å². The molecule has 4 bridgehead atoms. The summed E-state index contributed by atoms with van der Waals surface area (Å²) >= 11 is 0. The summed E-state index contributed by atoms with van der Waals surface area (Å²) in [6.45, 7) is 44.7. The zero-order valence-electron chi connectivity index (χ0n) is 84.1. The largest absolute Gasteiger partial charge is 0.490 e. The molecule has 0 radical (unpaired) electrons.